The van der Waals surface area contributed by atoms with Crippen molar-refractivity contribution in [1.82, 2.24) is 0 Å². The summed E-state index contributed by atoms with van der Waals surface area (Å²) in [6, 6.07) is 3.35. The summed E-state index contributed by atoms with van der Waals surface area (Å²) < 4.78 is 35.4. The van der Waals surface area contributed by atoms with Gasteiger partial charge in [0.1, 0.15) is 0 Å². The van der Waals surface area contributed by atoms with Gasteiger partial charge in [-0.2, -0.15) is 0 Å². The first-order chi connectivity index (χ1) is 8.40. The van der Waals surface area contributed by atoms with Crippen molar-refractivity contribution in [2.45, 2.75) is 58.7 Å². The fourth-order valence-corrected chi connectivity index (χ4v) is 2.24. The van der Waals surface area contributed by atoms with Gasteiger partial charge in [-0.1, -0.05) is 41.5 Å². The SMILES string of the molecule is CC(C)(C)c1cc2c(cc1C(C)(C)C)OC(F)(F)O2. The summed E-state index contributed by atoms with van der Waals surface area (Å²) in [4.78, 5) is 0. The molecule has 1 aromatic carbocycles. The lowest BCUT2D eigenvalue weighted by Gasteiger charge is -2.30. The van der Waals surface area contributed by atoms with Crippen LogP contribution in [-0.2, 0) is 10.8 Å². The summed E-state index contributed by atoms with van der Waals surface area (Å²) >= 11 is 0. The van der Waals surface area contributed by atoms with E-state index in [-0.39, 0.29) is 22.3 Å². The van der Waals surface area contributed by atoms with Gasteiger partial charge in [-0.05, 0) is 34.1 Å². The molecule has 19 heavy (non-hydrogen) atoms. The number of fused-ring (bicyclic) bond motifs is 1. The molecule has 0 spiro atoms. The lowest BCUT2D eigenvalue weighted by Crippen LogP contribution is -2.26. The summed E-state index contributed by atoms with van der Waals surface area (Å²) in [5.74, 6) is 0.228. The Balaban J connectivity index is 2.63. The lowest BCUT2D eigenvalue weighted by molar-refractivity contribution is -0.286. The van der Waals surface area contributed by atoms with E-state index in [0.717, 1.165) is 11.1 Å². The van der Waals surface area contributed by atoms with Gasteiger partial charge in [0.25, 0.3) is 0 Å². The number of benzene rings is 1. The zero-order chi connectivity index (χ0) is 14.6. The van der Waals surface area contributed by atoms with Crippen LogP contribution in [0.3, 0.4) is 0 Å². The second-order valence-corrected chi connectivity index (χ2v) is 7.01. The first-order valence-corrected chi connectivity index (χ1v) is 6.35. The van der Waals surface area contributed by atoms with Crippen LogP contribution in [0.15, 0.2) is 12.1 Å². The van der Waals surface area contributed by atoms with E-state index in [9.17, 15) is 8.78 Å². The van der Waals surface area contributed by atoms with E-state index in [0.29, 0.717) is 0 Å². The lowest BCUT2D eigenvalue weighted by atomic mass is 9.75. The van der Waals surface area contributed by atoms with Crippen LogP contribution in [0.5, 0.6) is 11.5 Å². The highest BCUT2D eigenvalue weighted by Crippen LogP contribution is 2.46. The normalized spacial score (nSPS) is 17.7. The van der Waals surface area contributed by atoms with Gasteiger partial charge in [0, 0.05) is 0 Å². The Morgan fingerprint density at radius 3 is 1.37 bits per heavy atom. The van der Waals surface area contributed by atoms with Gasteiger partial charge in [-0.25, -0.2) is 0 Å². The van der Waals surface area contributed by atoms with E-state index in [2.05, 4.69) is 51.0 Å². The van der Waals surface area contributed by atoms with Gasteiger partial charge in [0.05, 0.1) is 0 Å². The van der Waals surface area contributed by atoms with Gasteiger partial charge in [-0.15, -0.1) is 8.78 Å². The highest BCUT2D eigenvalue weighted by Gasteiger charge is 2.44. The molecule has 0 fully saturated rings. The summed E-state index contributed by atoms with van der Waals surface area (Å²) in [5, 5.41) is 0. The topological polar surface area (TPSA) is 18.5 Å². The van der Waals surface area contributed by atoms with Crippen LogP contribution in [0.2, 0.25) is 0 Å². The Bertz CT molecular complexity index is 463. The number of hydrogen-bond donors (Lipinski definition) is 0. The maximum Gasteiger partial charge on any atom is 0.586 e. The van der Waals surface area contributed by atoms with E-state index in [1.165, 1.54) is 0 Å². The van der Waals surface area contributed by atoms with E-state index in [1.807, 2.05) is 0 Å². The van der Waals surface area contributed by atoms with Crippen LogP contribution in [-0.4, -0.2) is 6.29 Å². The number of hydrogen-bond acceptors (Lipinski definition) is 2. The van der Waals surface area contributed by atoms with E-state index in [1.54, 1.807) is 12.1 Å². The molecule has 2 rings (SSSR count). The van der Waals surface area contributed by atoms with Gasteiger partial charge in [0.15, 0.2) is 11.5 Å². The molecule has 2 nitrogen and oxygen atoms in total. The standard InChI is InChI=1S/C15H20F2O2/c1-13(2,3)9-7-11-12(19-15(16,17)18-11)8-10(9)14(4,5)6/h7-8H,1-6H3. The smallest absolute Gasteiger partial charge is 0.395 e. The summed E-state index contributed by atoms with van der Waals surface area (Å²) in [6.45, 7) is 12.3. The second-order valence-electron chi connectivity index (χ2n) is 7.01. The molecular formula is C15H20F2O2. The first-order valence-electron chi connectivity index (χ1n) is 6.35. The van der Waals surface area contributed by atoms with Crippen molar-refractivity contribution in [2.24, 2.45) is 0 Å². The zero-order valence-corrected chi connectivity index (χ0v) is 12.2. The molecule has 0 aromatic heterocycles. The molecule has 4 heteroatoms. The fraction of sp³-hybridized carbons (Fsp3) is 0.600. The minimum atomic E-state index is -3.56. The maximum absolute atomic E-state index is 13.1. The summed E-state index contributed by atoms with van der Waals surface area (Å²) in [6.07, 6.45) is -3.56. The molecule has 0 saturated heterocycles. The minimum absolute atomic E-state index is 0.114. The maximum atomic E-state index is 13.1. The van der Waals surface area contributed by atoms with Gasteiger partial charge >= 0.3 is 6.29 Å². The van der Waals surface area contributed by atoms with Crippen LogP contribution in [0.1, 0.15) is 52.7 Å². The molecule has 0 amide bonds. The average molecular weight is 270 g/mol. The highest BCUT2D eigenvalue weighted by molar-refractivity contribution is 5.53. The third kappa shape index (κ3) is 2.67. The molecule has 0 N–H and O–H groups in total. The quantitative estimate of drug-likeness (QED) is 0.685. The highest BCUT2D eigenvalue weighted by atomic mass is 19.3. The molecule has 0 bridgehead atoms. The molecule has 0 atom stereocenters. The predicted molar refractivity (Wildman–Crippen MR) is 70.0 cm³/mol. The number of rotatable bonds is 0. The minimum Gasteiger partial charge on any atom is -0.395 e. The first kappa shape index (κ1) is 14.1. The third-order valence-electron chi connectivity index (χ3n) is 3.16. The fourth-order valence-electron chi connectivity index (χ4n) is 2.24. The van der Waals surface area contributed by atoms with Crippen LogP contribution >= 0.6 is 0 Å². The molecule has 0 unspecified atom stereocenters. The summed E-state index contributed by atoms with van der Waals surface area (Å²) in [5.41, 5.74) is 1.69. The van der Waals surface area contributed by atoms with E-state index < -0.39 is 6.29 Å². The van der Waals surface area contributed by atoms with Crippen LogP contribution in [0, 0.1) is 0 Å². The Morgan fingerprint density at radius 2 is 1.11 bits per heavy atom. The average Bonchev–Trinajstić information content (AvgIpc) is 2.45. The van der Waals surface area contributed by atoms with E-state index in [4.69, 9.17) is 0 Å². The number of ether oxygens (including phenoxy) is 2. The van der Waals surface area contributed by atoms with Crippen LogP contribution < -0.4 is 9.47 Å². The van der Waals surface area contributed by atoms with Crippen molar-refractivity contribution in [3.63, 3.8) is 0 Å². The van der Waals surface area contributed by atoms with Gasteiger partial charge in [0.2, 0.25) is 0 Å². The Hall–Kier alpha value is -1.32. The van der Waals surface area contributed by atoms with Crippen LogP contribution in [0.4, 0.5) is 8.78 Å². The summed E-state index contributed by atoms with van der Waals surface area (Å²) in [7, 11) is 0. The van der Waals surface area contributed by atoms with Crippen molar-refractivity contribution in [3.8, 4) is 11.5 Å². The zero-order valence-electron chi connectivity index (χ0n) is 12.2. The molecule has 1 aliphatic rings. The van der Waals surface area contributed by atoms with Gasteiger partial charge < -0.3 is 9.47 Å². The second kappa shape index (κ2) is 3.84. The molecule has 1 aromatic rings. The number of alkyl halides is 2. The Kier molecular flexibility index (Phi) is 2.85. The Morgan fingerprint density at radius 1 is 0.789 bits per heavy atom. The van der Waals surface area contributed by atoms with Crippen LogP contribution in [0.25, 0.3) is 0 Å². The largest absolute Gasteiger partial charge is 0.586 e. The number of halogens is 2. The monoisotopic (exact) mass is 270 g/mol. The van der Waals surface area contributed by atoms with Crippen molar-refractivity contribution >= 4 is 0 Å². The molecular weight excluding hydrogens is 250 g/mol. The molecule has 0 saturated carbocycles. The molecule has 106 valence electrons. The van der Waals surface area contributed by atoms with E-state index >= 15 is 0 Å². The third-order valence-corrected chi connectivity index (χ3v) is 3.16. The van der Waals surface area contributed by atoms with Crippen molar-refractivity contribution < 1.29 is 18.3 Å². The molecule has 0 aliphatic carbocycles. The molecule has 1 heterocycles. The Labute approximate surface area is 112 Å². The predicted octanol–water partition coefficient (Wildman–Crippen LogP) is 4.60. The molecule has 0 radical (unpaired) electrons. The van der Waals surface area contributed by atoms with Crippen molar-refractivity contribution in [1.29, 1.82) is 0 Å². The van der Waals surface area contributed by atoms with Crippen molar-refractivity contribution in [3.05, 3.63) is 23.3 Å². The van der Waals surface area contributed by atoms with Crippen molar-refractivity contribution in [2.75, 3.05) is 0 Å². The molecule has 1 aliphatic heterocycles. The van der Waals surface area contributed by atoms with Gasteiger partial charge in [-0.3, -0.25) is 0 Å².